The van der Waals surface area contributed by atoms with Crippen molar-refractivity contribution in [2.75, 3.05) is 33.2 Å². The second kappa shape index (κ2) is 11.3. The molecule has 0 spiro atoms. The number of fused-ring (bicyclic) bond motifs is 1. The molecule has 1 amide bonds. The van der Waals surface area contributed by atoms with Crippen LogP contribution in [0.2, 0.25) is 0 Å². The van der Waals surface area contributed by atoms with Gasteiger partial charge in [-0.15, -0.1) is 10.2 Å². The summed E-state index contributed by atoms with van der Waals surface area (Å²) >= 11 is 0. The van der Waals surface area contributed by atoms with Gasteiger partial charge < -0.3 is 14.2 Å². The number of carbonyl (C=O) groups excluding carboxylic acids is 1. The standard InChI is InChI=1S/C30H32F4N6O3/c1-18(41)38-13-7-19(8-14-38)20-5-6-25-26(16-20)40(23-9-11-37(2)12-10-23)29(42)39(25)17-22-4-3-21(15-24(22)31)27-35-36-28(43-27)30(32,33)34/h3-6,15-16,19,23H,7-14,17H2,1-2H3. The Kier molecular flexibility index (Phi) is 7.61. The number of aromatic nitrogens is 4. The number of carbonyl (C=O) groups is 1. The van der Waals surface area contributed by atoms with Crippen LogP contribution in [0.5, 0.6) is 0 Å². The Labute approximate surface area is 244 Å². The highest BCUT2D eigenvalue weighted by molar-refractivity contribution is 5.78. The summed E-state index contributed by atoms with van der Waals surface area (Å²) in [7, 11) is 2.05. The fraction of sp³-hybridized carbons (Fsp3) is 0.467. The van der Waals surface area contributed by atoms with E-state index in [0.717, 1.165) is 55.9 Å². The van der Waals surface area contributed by atoms with Crippen molar-refractivity contribution in [1.29, 1.82) is 0 Å². The Bertz CT molecular complexity index is 1710. The van der Waals surface area contributed by atoms with Gasteiger partial charge in [0.05, 0.1) is 17.6 Å². The number of hydrogen-bond acceptors (Lipinski definition) is 6. The molecule has 0 saturated carbocycles. The van der Waals surface area contributed by atoms with Crippen LogP contribution in [0.15, 0.2) is 45.6 Å². The molecule has 228 valence electrons. The number of benzene rings is 2. The van der Waals surface area contributed by atoms with Crippen molar-refractivity contribution in [1.82, 2.24) is 29.1 Å². The van der Waals surface area contributed by atoms with Crippen molar-refractivity contribution in [3.63, 3.8) is 0 Å². The summed E-state index contributed by atoms with van der Waals surface area (Å²) in [5.41, 5.74) is 2.57. The molecule has 4 heterocycles. The highest BCUT2D eigenvalue weighted by Crippen LogP contribution is 2.34. The summed E-state index contributed by atoms with van der Waals surface area (Å²) in [4.78, 5) is 29.9. The zero-order valence-corrected chi connectivity index (χ0v) is 23.9. The van der Waals surface area contributed by atoms with Crippen LogP contribution in [0.4, 0.5) is 17.6 Å². The van der Waals surface area contributed by atoms with Gasteiger partial charge in [0, 0.05) is 37.2 Å². The van der Waals surface area contributed by atoms with Crippen LogP contribution in [0.1, 0.15) is 61.6 Å². The highest BCUT2D eigenvalue weighted by Gasteiger charge is 2.38. The van der Waals surface area contributed by atoms with E-state index in [0.29, 0.717) is 18.6 Å². The molecule has 2 fully saturated rings. The molecule has 0 atom stereocenters. The van der Waals surface area contributed by atoms with Crippen LogP contribution in [0, 0.1) is 5.82 Å². The van der Waals surface area contributed by atoms with Crippen molar-refractivity contribution >= 4 is 16.9 Å². The van der Waals surface area contributed by atoms with Crippen molar-refractivity contribution in [3.05, 3.63) is 69.7 Å². The van der Waals surface area contributed by atoms with Crippen molar-refractivity contribution in [3.8, 4) is 11.5 Å². The number of amides is 1. The summed E-state index contributed by atoms with van der Waals surface area (Å²) in [6.07, 6.45) is -1.51. The van der Waals surface area contributed by atoms with E-state index in [9.17, 15) is 22.8 Å². The third kappa shape index (κ3) is 5.69. The summed E-state index contributed by atoms with van der Waals surface area (Å²) in [5, 5.41) is 6.40. The first kappa shape index (κ1) is 29.1. The lowest BCUT2D eigenvalue weighted by Gasteiger charge is -2.32. The van der Waals surface area contributed by atoms with Crippen LogP contribution in [-0.4, -0.2) is 68.3 Å². The molecular weight excluding hydrogens is 568 g/mol. The van der Waals surface area contributed by atoms with Gasteiger partial charge in [-0.3, -0.25) is 13.9 Å². The molecule has 2 aromatic heterocycles. The number of halogens is 4. The molecular formula is C30H32F4N6O3. The molecule has 2 aliphatic heterocycles. The van der Waals surface area contributed by atoms with Gasteiger partial charge in [-0.05, 0) is 81.6 Å². The van der Waals surface area contributed by atoms with Crippen LogP contribution < -0.4 is 5.69 Å². The lowest BCUT2D eigenvalue weighted by atomic mass is 9.89. The predicted octanol–water partition coefficient (Wildman–Crippen LogP) is 5.05. The molecule has 43 heavy (non-hydrogen) atoms. The van der Waals surface area contributed by atoms with Gasteiger partial charge >= 0.3 is 17.8 Å². The smallest absolute Gasteiger partial charge is 0.413 e. The number of alkyl halides is 3. The molecule has 9 nitrogen and oxygen atoms in total. The molecule has 4 aromatic rings. The van der Waals surface area contributed by atoms with Crippen molar-refractivity contribution < 1.29 is 26.8 Å². The summed E-state index contributed by atoms with van der Waals surface area (Å²) in [6, 6.07) is 9.86. The van der Waals surface area contributed by atoms with Crippen LogP contribution in [0.3, 0.4) is 0 Å². The zero-order chi connectivity index (χ0) is 30.5. The second-order valence-electron chi connectivity index (χ2n) is 11.5. The highest BCUT2D eigenvalue weighted by atomic mass is 19.4. The molecule has 13 heteroatoms. The fourth-order valence-corrected chi connectivity index (χ4v) is 6.27. The Hall–Kier alpha value is -4.00. The number of likely N-dealkylation sites (tertiary alicyclic amines) is 2. The molecule has 0 aliphatic carbocycles. The van der Waals surface area contributed by atoms with E-state index in [2.05, 4.69) is 32.6 Å². The van der Waals surface area contributed by atoms with E-state index < -0.39 is 23.8 Å². The average molecular weight is 601 g/mol. The molecule has 2 aromatic carbocycles. The molecule has 2 aliphatic rings. The first-order valence-corrected chi connectivity index (χ1v) is 14.4. The maximum atomic E-state index is 15.3. The second-order valence-corrected chi connectivity index (χ2v) is 11.5. The first-order valence-electron chi connectivity index (χ1n) is 14.4. The first-order chi connectivity index (χ1) is 20.5. The molecule has 0 unspecified atom stereocenters. The van der Waals surface area contributed by atoms with Gasteiger partial charge in [-0.2, -0.15) is 13.2 Å². The SMILES string of the molecule is CC(=O)N1CCC(c2ccc3c(c2)n(C2CCN(C)CC2)c(=O)n3Cc2ccc(-c3nnc(C(F)(F)F)o3)cc2F)CC1. The number of hydrogen-bond donors (Lipinski definition) is 0. The monoisotopic (exact) mass is 600 g/mol. The van der Waals surface area contributed by atoms with Crippen LogP contribution in [-0.2, 0) is 17.5 Å². The van der Waals surface area contributed by atoms with Gasteiger partial charge in [0.2, 0.25) is 11.8 Å². The quantitative estimate of drug-likeness (QED) is 0.298. The minimum atomic E-state index is -4.81. The van der Waals surface area contributed by atoms with Crippen molar-refractivity contribution in [2.45, 2.75) is 57.3 Å². The zero-order valence-electron chi connectivity index (χ0n) is 23.9. The topological polar surface area (TPSA) is 89.4 Å². The lowest BCUT2D eigenvalue weighted by Crippen LogP contribution is -2.36. The van der Waals surface area contributed by atoms with E-state index in [4.69, 9.17) is 0 Å². The Morgan fingerprint density at radius 1 is 0.977 bits per heavy atom. The summed E-state index contributed by atoms with van der Waals surface area (Å²) < 4.78 is 62.0. The van der Waals surface area contributed by atoms with E-state index in [1.807, 2.05) is 21.6 Å². The van der Waals surface area contributed by atoms with Gasteiger partial charge in [0.25, 0.3) is 0 Å². The normalized spacial score (nSPS) is 17.7. The maximum absolute atomic E-state index is 15.3. The maximum Gasteiger partial charge on any atom is 0.470 e. The van der Waals surface area contributed by atoms with Gasteiger partial charge in [-0.1, -0.05) is 12.1 Å². The Balaban J connectivity index is 1.34. The van der Waals surface area contributed by atoms with Gasteiger partial charge in [-0.25, -0.2) is 9.18 Å². The molecule has 0 N–H and O–H groups in total. The number of piperidine rings is 2. The fourth-order valence-electron chi connectivity index (χ4n) is 6.27. The van der Waals surface area contributed by atoms with Crippen LogP contribution >= 0.6 is 0 Å². The van der Waals surface area contributed by atoms with Crippen LogP contribution in [0.25, 0.3) is 22.5 Å². The molecule has 6 rings (SSSR count). The third-order valence-electron chi connectivity index (χ3n) is 8.75. The van der Waals surface area contributed by atoms with Gasteiger partial charge in [0.1, 0.15) is 5.82 Å². The molecule has 0 bridgehead atoms. The van der Waals surface area contributed by atoms with E-state index in [1.165, 1.54) is 12.1 Å². The average Bonchev–Trinajstić information content (AvgIpc) is 3.58. The van der Waals surface area contributed by atoms with E-state index >= 15 is 4.39 Å². The largest absolute Gasteiger partial charge is 0.470 e. The Morgan fingerprint density at radius 2 is 1.70 bits per heavy atom. The minimum Gasteiger partial charge on any atom is -0.413 e. The number of rotatable bonds is 5. The van der Waals surface area contributed by atoms with E-state index in [1.54, 1.807) is 11.5 Å². The lowest BCUT2D eigenvalue weighted by molar-refractivity contribution is -0.157. The third-order valence-corrected chi connectivity index (χ3v) is 8.75. The van der Waals surface area contributed by atoms with Gasteiger partial charge in [0.15, 0.2) is 0 Å². The Morgan fingerprint density at radius 3 is 2.33 bits per heavy atom. The number of imidazole rings is 1. The number of nitrogens with zero attached hydrogens (tertiary/aromatic N) is 6. The summed E-state index contributed by atoms with van der Waals surface area (Å²) in [6.45, 7) is 4.62. The predicted molar refractivity (Wildman–Crippen MR) is 150 cm³/mol. The summed E-state index contributed by atoms with van der Waals surface area (Å²) in [5.74, 6) is -2.33. The minimum absolute atomic E-state index is 0.00478. The van der Waals surface area contributed by atoms with Crippen molar-refractivity contribution in [2.24, 2.45) is 0 Å². The molecule has 2 saturated heterocycles. The molecule has 0 radical (unpaired) electrons. The van der Waals surface area contributed by atoms with E-state index in [-0.39, 0.29) is 41.2 Å².